The Morgan fingerprint density at radius 2 is 2.13 bits per heavy atom. The van der Waals surface area contributed by atoms with E-state index in [4.69, 9.17) is 5.73 Å². The predicted molar refractivity (Wildman–Crippen MR) is 62.2 cm³/mol. The Morgan fingerprint density at radius 3 is 3.07 bits per heavy atom. The van der Waals surface area contributed by atoms with Crippen LogP contribution in [0.5, 0.6) is 0 Å². The first-order valence-electron chi connectivity index (χ1n) is 6.21. The molecule has 3 aliphatic rings. The van der Waals surface area contributed by atoms with Crippen LogP contribution in [-0.2, 0) is 0 Å². The number of allylic oxidation sites excluding steroid dienone is 1. The molecular weight excluding hydrogens is 184 g/mol. The summed E-state index contributed by atoms with van der Waals surface area (Å²) < 4.78 is 0. The molecule has 0 aromatic heterocycles. The number of fused-ring (bicyclic) bond motifs is 3. The number of hydrogen-bond donors (Lipinski definition) is 1. The molecule has 0 bridgehead atoms. The summed E-state index contributed by atoms with van der Waals surface area (Å²) in [5.74, 6) is 1.69. The smallest absolute Gasteiger partial charge is 0.0367 e. The minimum absolute atomic E-state index is 0.278. The van der Waals surface area contributed by atoms with Crippen LogP contribution in [0.3, 0.4) is 0 Å². The third kappa shape index (κ3) is 1.61. The van der Waals surface area contributed by atoms with E-state index < -0.39 is 0 Å². The van der Waals surface area contributed by atoms with E-state index in [2.05, 4.69) is 29.3 Å². The van der Waals surface area contributed by atoms with Crippen LogP contribution >= 0.6 is 0 Å². The largest absolute Gasteiger partial charge is 0.374 e. The molecule has 3 rings (SSSR count). The SMILES string of the molecule is NC1C=CN2CCC3CCC=CC3[C@H]2C1. The first-order valence-corrected chi connectivity index (χ1v) is 6.21. The van der Waals surface area contributed by atoms with Crippen molar-refractivity contribution in [3.8, 4) is 0 Å². The van der Waals surface area contributed by atoms with Gasteiger partial charge in [-0.25, -0.2) is 0 Å². The zero-order valence-electron chi connectivity index (χ0n) is 9.18. The lowest BCUT2D eigenvalue weighted by atomic mass is 9.72. The second-order valence-electron chi connectivity index (χ2n) is 5.18. The second-order valence-corrected chi connectivity index (χ2v) is 5.18. The number of piperidine rings is 1. The van der Waals surface area contributed by atoms with Crippen molar-refractivity contribution in [2.24, 2.45) is 17.6 Å². The second kappa shape index (κ2) is 3.67. The summed E-state index contributed by atoms with van der Waals surface area (Å²) in [6.45, 7) is 1.24. The maximum Gasteiger partial charge on any atom is 0.0367 e. The Hall–Kier alpha value is -0.760. The summed E-state index contributed by atoms with van der Waals surface area (Å²) in [5.41, 5.74) is 6.03. The molecule has 1 aliphatic carbocycles. The molecule has 2 nitrogen and oxygen atoms in total. The van der Waals surface area contributed by atoms with Gasteiger partial charge in [0.25, 0.3) is 0 Å². The molecule has 3 unspecified atom stereocenters. The molecule has 1 saturated heterocycles. The van der Waals surface area contributed by atoms with E-state index in [9.17, 15) is 0 Å². The van der Waals surface area contributed by atoms with Crippen molar-refractivity contribution in [1.82, 2.24) is 4.90 Å². The molecule has 0 amide bonds. The molecule has 1 fully saturated rings. The lowest BCUT2D eigenvalue weighted by molar-refractivity contribution is 0.0887. The van der Waals surface area contributed by atoms with Crippen LogP contribution in [0.15, 0.2) is 24.4 Å². The van der Waals surface area contributed by atoms with Crippen molar-refractivity contribution in [2.75, 3.05) is 6.54 Å². The van der Waals surface area contributed by atoms with Gasteiger partial charge in [-0.15, -0.1) is 0 Å². The van der Waals surface area contributed by atoms with E-state index in [1.165, 1.54) is 25.8 Å². The Labute approximate surface area is 91.8 Å². The van der Waals surface area contributed by atoms with Gasteiger partial charge in [0.1, 0.15) is 0 Å². The van der Waals surface area contributed by atoms with E-state index >= 15 is 0 Å². The van der Waals surface area contributed by atoms with Crippen molar-refractivity contribution in [1.29, 1.82) is 0 Å². The molecule has 2 aliphatic heterocycles. The minimum atomic E-state index is 0.278. The molecule has 2 heteroatoms. The van der Waals surface area contributed by atoms with Crippen LogP contribution in [0.25, 0.3) is 0 Å². The molecule has 0 spiro atoms. The molecule has 2 heterocycles. The maximum atomic E-state index is 6.03. The fourth-order valence-electron chi connectivity index (χ4n) is 3.45. The predicted octanol–water partition coefficient (Wildman–Crippen LogP) is 1.89. The normalized spacial score (nSPS) is 43.7. The standard InChI is InChI=1S/C13H20N2/c14-11-6-8-15-7-5-10-3-1-2-4-12(10)13(15)9-11/h2,4,6,8,10-13H,1,3,5,7,9,14H2/t10?,11?,12?,13-/m1/s1. The van der Waals surface area contributed by atoms with E-state index in [0.717, 1.165) is 18.3 Å². The zero-order chi connectivity index (χ0) is 10.3. The summed E-state index contributed by atoms with van der Waals surface area (Å²) in [6.07, 6.45) is 14.4. The Kier molecular flexibility index (Phi) is 2.32. The molecule has 4 atom stereocenters. The fourth-order valence-corrected chi connectivity index (χ4v) is 3.45. The minimum Gasteiger partial charge on any atom is -0.374 e. The average molecular weight is 204 g/mol. The fraction of sp³-hybridized carbons (Fsp3) is 0.692. The summed E-state index contributed by atoms with van der Waals surface area (Å²) in [7, 11) is 0. The van der Waals surface area contributed by atoms with E-state index in [1.807, 2.05) is 0 Å². The highest BCUT2D eigenvalue weighted by Gasteiger charge is 2.37. The van der Waals surface area contributed by atoms with Gasteiger partial charge in [0.2, 0.25) is 0 Å². The average Bonchev–Trinajstić information content (AvgIpc) is 2.29. The van der Waals surface area contributed by atoms with E-state index in [1.54, 1.807) is 0 Å². The van der Waals surface area contributed by atoms with Crippen molar-refractivity contribution in [3.05, 3.63) is 24.4 Å². The van der Waals surface area contributed by atoms with Gasteiger partial charge in [-0.1, -0.05) is 18.2 Å². The van der Waals surface area contributed by atoms with Gasteiger partial charge in [-0.3, -0.25) is 0 Å². The topological polar surface area (TPSA) is 29.3 Å². The van der Waals surface area contributed by atoms with Gasteiger partial charge in [0.15, 0.2) is 0 Å². The van der Waals surface area contributed by atoms with Gasteiger partial charge in [-0.2, -0.15) is 0 Å². The molecule has 0 saturated carbocycles. The Morgan fingerprint density at radius 1 is 1.20 bits per heavy atom. The number of nitrogens with two attached hydrogens (primary N) is 1. The van der Waals surface area contributed by atoms with E-state index in [0.29, 0.717) is 6.04 Å². The summed E-state index contributed by atoms with van der Waals surface area (Å²) in [4.78, 5) is 2.51. The molecular formula is C13H20N2. The molecule has 82 valence electrons. The summed E-state index contributed by atoms with van der Waals surface area (Å²) in [6, 6.07) is 0.959. The Bertz CT molecular complexity index is 295. The Balaban J connectivity index is 1.85. The molecule has 2 N–H and O–H groups in total. The molecule has 0 radical (unpaired) electrons. The maximum absolute atomic E-state index is 6.03. The third-order valence-electron chi connectivity index (χ3n) is 4.27. The van der Waals surface area contributed by atoms with Crippen LogP contribution in [0.4, 0.5) is 0 Å². The van der Waals surface area contributed by atoms with Crippen LogP contribution in [0, 0.1) is 11.8 Å². The van der Waals surface area contributed by atoms with Crippen molar-refractivity contribution < 1.29 is 0 Å². The van der Waals surface area contributed by atoms with Crippen LogP contribution in [0.2, 0.25) is 0 Å². The third-order valence-corrected chi connectivity index (χ3v) is 4.27. The van der Waals surface area contributed by atoms with Gasteiger partial charge in [-0.05, 0) is 37.8 Å². The molecule has 0 aromatic carbocycles. The quantitative estimate of drug-likeness (QED) is 0.611. The lowest BCUT2D eigenvalue weighted by Crippen LogP contribution is -2.50. The molecule has 0 aromatic rings. The lowest BCUT2D eigenvalue weighted by Gasteiger charge is -2.48. The van der Waals surface area contributed by atoms with Gasteiger partial charge in [0.05, 0.1) is 0 Å². The van der Waals surface area contributed by atoms with E-state index in [-0.39, 0.29) is 6.04 Å². The number of hydrogen-bond acceptors (Lipinski definition) is 2. The van der Waals surface area contributed by atoms with Crippen LogP contribution < -0.4 is 5.73 Å². The first kappa shape index (κ1) is 9.46. The highest BCUT2D eigenvalue weighted by Crippen LogP contribution is 2.39. The highest BCUT2D eigenvalue weighted by atomic mass is 15.2. The number of nitrogens with zero attached hydrogens (tertiary/aromatic N) is 1. The zero-order valence-corrected chi connectivity index (χ0v) is 9.18. The summed E-state index contributed by atoms with van der Waals surface area (Å²) in [5, 5.41) is 0. The monoisotopic (exact) mass is 204 g/mol. The van der Waals surface area contributed by atoms with Crippen LogP contribution in [0.1, 0.15) is 25.7 Å². The van der Waals surface area contributed by atoms with Gasteiger partial charge in [0, 0.05) is 24.5 Å². The summed E-state index contributed by atoms with van der Waals surface area (Å²) >= 11 is 0. The first-order chi connectivity index (χ1) is 7.34. The van der Waals surface area contributed by atoms with Gasteiger partial charge < -0.3 is 10.6 Å². The van der Waals surface area contributed by atoms with Crippen LogP contribution in [-0.4, -0.2) is 23.5 Å². The molecule has 15 heavy (non-hydrogen) atoms. The number of rotatable bonds is 0. The highest BCUT2D eigenvalue weighted by molar-refractivity contribution is 5.11. The van der Waals surface area contributed by atoms with Crippen molar-refractivity contribution in [2.45, 2.75) is 37.8 Å². The van der Waals surface area contributed by atoms with Crippen molar-refractivity contribution >= 4 is 0 Å². The van der Waals surface area contributed by atoms with Gasteiger partial charge >= 0.3 is 0 Å². The van der Waals surface area contributed by atoms with Crippen molar-refractivity contribution in [3.63, 3.8) is 0 Å².